The molecule has 3 rings (SSSR count). The minimum atomic E-state index is -0.800. The molecule has 27 heavy (non-hydrogen) atoms. The molecule has 2 aromatic carbocycles. The van der Waals surface area contributed by atoms with Crippen molar-refractivity contribution in [3.05, 3.63) is 65.2 Å². The quantitative estimate of drug-likeness (QED) is 0.453. The molecule has 1 aliphatic rings. The Morgan fingerprint density at radius 2 is 1.74 bits per heavy atom. The van der Waals surface area contributed by atoms with Gasteiger partial charge in [0.2, 0.25) is 5.91 Å². The molecule has 1 saturated heterocycles. The number of carbonyl (C=O) groups is 3. The van der Waals surface area contributed by atoms with Crippen LogP contribution in [0.4, 0.5) is 10.5 Å². The Hall–Kier alpha value is -2.90. The summed E-state index contributed by atoms with van der Waals surface area (Å²) in [5.41, 5.74) is 2.83. The van der Waals surface area contributed by atoms with Crippen LogP contribution in [-0.4, -0.2) is 34.0 Å². The Labute approximate surface area is 161 Å². The van der Waals surface area contributed by atoms with Crippen molar-refractivity contribution in [3.63, 3.8) is 0 Å². The maximum atomic E-state index is 13.0. The topological polar surface area (TPSA) is 90.0 Å². The summed E-state index contributed by atoms with van der Waals surface area (Å²) in [6, 6.07) is 14.4. The van der Waals surface area contributed by atoms with Crippen LogP contribution in [0.25, 0.3) is 0 Å². The number of hydroxylamine groups is 1. The van der Waals surface area contributed by atoms with Crippen LogP contribution in [0.1, 0.15) is 18.4 Å². The van der Waals surface area contributed by atoms with Crippen molar-refractivity contribution in [2.75, 3.05) is 4.90 Å². The van der Waals surface area contributed by atoms with E-state index in [0.29, 0.717) is 10.7 Å². The predicted molar refractivity (Wildman–Crippen MR) is 99.3 cm³/mol. The largest absolute Gasteiger partial charge is 0.332 e. The van der Waals surface area contributed by atoms with E-state index < -0.39 is 23.9 Å². The van der Waals surface area contributed by atoms with Gasteiger partial charge in [-0.15, -0.1) is 0 Å². The molecule has 140 valence electrons. The Balaban J connectivity index is 1.89. The molecule has 0 saturated carbocycles. The number of carbonyl (C=O) groups excluding carboxylic acids is 3. The van der Waals surface area contributed by atoms with Crippen LogP contribution >= 0.6 is 11.6 Å². The minimum Gasteiger partial charge on any atom is -0.308 e. The van der Waals surface area contributed by atoms with Crippen molar-refractivity contribution >= 4 is 35.1 Å². The van der Waals surface area contributed by atoms with Gasteiger partial charge in [-0.3, -0.25) is 14.8 Å². The third kappa shape index (κ3) is 4.10. The SMILES string of the molecule is O=C(CCC1C(=O)N(c2ccc(Cl)cc2)C(=O)N1Cc1ccccc1)NO. The summed E-state index contributed by atoms with van der Waals surface area (Å²) in [5.74, 6) is -1.02. The average molecular weight is 388 g/mol. The van der Waals surface area contributed by atoms with E-state index >= 15 is 0 Å². The van der Waals surface area contributed by atoms with Crippen LogP contribution in [0.2, 0.25) is 5.02 Å². The fourth-order valence-electron chi connectivity index (χ4n) is 3.03. The standard InChI is InChI=1S/C19H18ClN3O4/c20-14-6-8-15(9-7-14)23-18(25)16(10-11-17(24)21-27)22(19(23)26)12-13-4-2-1-3-5-13/h1-9,16,27H,10-12H2,(H,21,24). The number of nitrogens with one attached hydrogen (secondary N) is 1. The first-order chi connectivity index (χ1) is 13.0. The third-order valence-electron chi connectivity index (χ3n) is 4.37. The van der Waals surface area contributed by atoms with E-state index in [1.54, 1.807) is 29.7 Å². The summed E-state index contributed by atoms with van der Waals surface area (Å²) in [5, 5.41) is 9.19. The van der Waals surface area contributed by atoms with Gasteiger partial charge in [-0.2, -0.15) is 0 Å². The number of rotatable bonds is 6. The summed E-state index contributed by atoms with van der Waals surface area (Å²) in [6.45, 7) is 0.237. The van der Waals surface area contributed by atoms with Gasteiger partial charge >= 0.3 is 6.03 Å². The van der Waals surface area contributed by atoms with Crippen molar-refractivity contribution in [1.29, 1.82) is 0 Å². The summed E-state index contributed by atoms with van der Waals surface area (Å²) in [4.78, 5) is 39.9. The van der Waals surface area contributed by atoms with Crippen LogP contribution < -0.4 is 10.4 Å². The van der Waals surface area contributed by atoms with E-state index in [2.05, 4.69) is 0 Å². The Morgan fingerprint density at radius 1 is 1.07 bits per heavy atom. The lowest BCUT2D eigenvalue weighted by Crippen LogP contribution is -2.35. The number of benzene rings is 2. The van der Waals surface area contributed by atoms with Crippen molar-refractivity contribution in [2.24, 2.45) is 0 Å². The first-order valence-electron chi connectivity index (χ1n) is 8.38. The van der Waals surface area contributed by atoms with Crippen molar-refractivity contribution in [1.82, 2.24) is 10.4 Å². The minimum absolute atomic E-state index is 0.0834. The van der Waals surface area contributed by atoms with E-state index in [1.807, 2.05) is 30.3 Å². The molecule has 0 bridgehead atoms. The molecule has 0 aromatic heterocycles. The Kier molecular flexibility index (Phi) is 5.73. The molecule has 0 radical (unpaired) electrons. The zero-order valence-electron chi connectivity index (χ0n) is 14.3. The van der Waals surface area contributed by atoms with Gasteiger partial charge in [0, 0.05) is 18.0 Å². The van der Waals surface area contributed by atoms with E-state index in [1.165, 1.54) is 4.90 Å². The van der Waals surface area contributed by atoms with E-state index in [9.17, 15) is 14.4 Å². The molecule has 0 spiro atoms. The van der Waals surface area contributed by atoms with Gasteiger partial charge in [-0.05, 0) is 36.2 Å². The maximum Gasteiger partial charge on any atom is 0.332 e. The fourth-order valence-corrected chi connectivity index (χ4v) is 3.15. The zero-order chi connectivity index (χ0) is 19.4. The highest BCUT2D eigenvalue weighted by atomic mass is 35.5. The van der Waals surface area contributed by atoms with Crippen LogP contribution in [-0.2, 0) is 16.1 Å². The molecular formula is C19H18ClN3O4. The molecule has 1 atom stereocenters. The first kappa shape index (κ1) is 18.9. The maximum absolute atomic E-state index is 13.0. The summed E-state index contributed by atoms with van der Waals surface area (Å²) in [7, 11) is 0. The van der Waals surface area contributed by atoms with Gasteiger partial charge < -0.3 is 4.90 Å². The van der Waals surface area contributed by atoms with Gasteiger partial charge in [-0.1, -0.05) is 41.9 Å². The lowest BCUT2D eigenvalue weighted by Gasteiger charge is -2.21. The number of imide groups is 1. The Morgan fingerprint density at radius 3 is 2.37 bits per heavy atom. The van der Waals surface area contributed by atoms with Crippen LogP contribution in [0, 0.1) is 0 Å². The van der Waals surface area contributed by atoms with Crippen LogP contribution in [0.3, 0.4) is 0 Å². The van der Waals surface area contributed by atoms with Crippen LogP contribution in [0.15, 0.2) is 54.6 Å². The van der Waals surface area contributed by atoms with Crippen molar-refractivity contribution in [2.45, 2.75) is 25.4 Å². The molecule has 1 heterocycles. The summed E-state index contributed by atoms with van der Waals surface area (Å²) >= 11 is 5.89. The number of amides is 4. The second-order valence-corrected chi connectivity index (χ2v) is 6.57. The van der Waals surface area contributed by atoms with Gasteiger partial charge in [-0.25, -0.2) is 15.2 Å². The second kappa shape index (κ2) is 8.20. The third-order valence-corrected chi connectivity index (χ3v) is 4.62. The molecule has 2 N–H and O–H groups in total. The normalized spacial score (nSPS) is 16.7. The summed E-state index contributed by atoms with van der Waals surface area (Å²) < 4.78 is 0. The zero-order valence-corrected chi connectivity index (χ0v) is 15.1. The van der Waals surface area contributed by atoms with Crippen molar-refractivity contribution < 1.29 is 19.6 Å². The lowest BCUT2D eigenvalue weighted by atomic mass is 10.1. The highest BCUT2D eigenvalue weighted by molar-refractivity contribution is 6.30. The predicted octanol–water partition coefficient (Wildman–Crippen LogP) is 2.96. The first-order valence-corrected chi connectivity index (χ1v) is 8.76. The van der Waals surface area contributed by atoms with E-state index in [0.717, 1.165) is 10.5 Å². The number of hydrogen-bond acceptors (Lipinski definition) is 4. The number of nitrogens with zero attached hydrogens (tertiary/aromatic N) is 2. The van der Waals surface area contributed by atoms with Gasteiger partial charge in [0.05, 0.1) is 5.69 Å². The number of urea groups is 1. The molecule has 1 unspecified atom stereocenters. The molecule has 8 heteroatoms. The van der Waals surface area contributed by atoms with E-state index in [4.69, 9.17) is 16.8 Å². The lowest BCUT2D eigenvalue weighted by molar-refractivity contribution is -0.129. The number of halogens is 1. The molecule has 2 aromatic rings. The van der Waals surface area contributed by atoms with Gasteiger partial charge in [0.15, 0.2) is 0 Å². The fraction of sp³-hybridized carbons (Fsp3) is 0.211. The average Bonchev–Trinajstić information content (AvgIpc) is 2.91. The number of anilines is 1. The smallest absolute Gasteiger partial charge is 0.308 e. The molecule has 7 nitrogen and oxygen atoms in total. The highest BCUT2D eigenvalue weighted by Crippen LogP contribution is 2.29. The molecule has 0 aliphatic carbocycles. The molecule has 1 aliphatic heterocycles. The highest BCUT2D eigenvalue weighted by Gasteiger charge is 2.45. The number of hydrogen-bond donors (Lipinski definition) is 2. The van der Waals surface area contributed by atoms with Crippen molar-refractivity contribution in [3.8, 4) is 0 Å². The van der Waals surface area contributed by atoms with Crippen LogP contribution in [0.5, 0.6) is 0 Å². The summed E-state index contributed by atoms with van der Waals surface area (Å²) in [6.07, 6.45) is 0.0217. The molecule has 1 fully saturated rings. The Bertz CT molecular complexity index is 842. The monoisotopic (exact) mass is 387 g/mol. The molecular weight excluding hydrogens is 370 g/mol. The van der Waals surface area contributed by atoms with E-state index in [-0.39, 0.29) is 19.4 Å². The van der Waals surface area contributed by atoms with Gasteiger partial charge in [0.1, 0.15) is 6.04 Å². The van der Waals surface area contributed by atoms with Gasteiger partial charge in [0.25, 0.3) is 5.91 Å². The molecule has 4 amide bonds. The second-order valence-electron chi connectivity index (χ2n) is 6.14.